The fourth-order valence-corrected chi connectivity index (χ4v) is 4.13. The van der Waals surface area contributed by atoms with Crippen LogP contribution in [-0.4, -0.2) is 48.9 Å². The summed E-state index contributed by atoms with van der Waals surface area (Å²) in [6.07, 6.45) is 1.92. The zero-order valence-corrected chi connectivity index (χ0v) is 16.4. The Bertz CT molecular complexity index is 675. The lowest BCUT2D eigenvalue weighted by molar-refractivity contribution is -0.143. The van der Waals surface area contributed by atoms with E-state index in [0.717, 1.165) is 5.56 Å². The second-order valence-electron chi connectivity index (χ2n) is 6.12. The highest BCUT2D eigenvalue weighted by Gasteiger charge is 2.43. The SMILES string of the molecule is CCOC1=CC2(CCOC1SCc1ccc(F)cc1OCl)OCC(CO)O2. The van der Waals surface area contributed by atoms with Crippen molar-refractivity contribution in [2.75, 3.05) is 26.4 Å². The van der Waals surface area contributed by atoms with E-state index in [0.29, 0.717) is 37.8 Å². The molecule has 0 aliphatic carbocycles. The molecule has 3 rings (SSSR count). The number of hydrogen-bond donors (Lipinski definition) is 1. The Morgan fingerprint density at radius 2 is 2.30 bits per heavy atom. The van der Waals surface area contributed by atoms with E-state index < -0.39 is 17.0 Å². The lowest BCUT2D eigenvalue weighted by Gasteiger charge is -2.23. The molecule has 1 fully saturated rings. The quantitative estimate of drug-likeness (QED) is 0.725. The van der Waals surface area contributed by atoms with Crippen LogP contribution in [0, 0.1) is 5.82 Å². The van der Waals surface area contributed by atoms with Crippen molar-refractivity contribution in [1.29, 1.82) is 0 Å². The molecule has 0 amide bonds. The van der Waals surface area contributed by atoms with Gasteiger partial charge in [-0.2, -0.15) is 0 Å². The van der Waals surface area contributed by atoms with Gasteiger partial charge in [0.1, 0.15) is 29.5 Å². The van der Waals surface area contributed by atoms with Gasteiger partial charge in [-0.05, 0) is 13.0 Å². The topological polar surface area (TPSA) is 66.4 Å². The highest BCUT2D eigenvalue weighted by atomic mass is 35.5. The number of ether oxygens (including phenoxy) is 4. The van der Waals surface area contributed by atoms with Gasteiger partial charge in [0.2, 0.25) is 0 Å². The maximum atomic E-state index is 13.3. The highest BCUT2D eigenvalue weighted by molar-refractivity contribution is 7.99. The first-order valence-corrected chi connectivity index (χ1v) is 10.0. The first kappa shape index (κ1) is 20.7. The number of halogens is 2. The molecule has 1 aromatic carbocycles. The van der Waals surface area contributed by atoms with Crippen molar-refractivity contribution < 1.29 is 32.7 Å². The summed E-state index contributed by atoms with van der Waals surface area (Å²) in [5.74, 6) is -0.0340. The fraction of sp³-hybridized carbons (Fsp3) is 0.556. The molecule has 0 aromatic heterocycles. The van der Waals surface area contributed by atoms with Gasteiger partial charge in [0, 0.05) is 29.9 Å². The highest BCUT2D eigenvalue weighted by Crippen LogP contribution is 2.37. The molecule has 150 valence electrons. The van der Waals surface area contributed by atoms with Gasteiger partial charge in [-0.15, -0.1) is 11.8 Å². The summed E-state index contributed by atoms with van der Waals surface area (Å²) in [6.45, 7) is 2.94. The third-order valence-corrected chi connectivity index (χ3v) is 5.53. The van der Waals surface area contributed by atoms with E-state index in [4.69, 9.17) is 35.1 Å². The number of aliphatic hydroxyl groups excluding tert-OH is 1. The van der Waals surface area contributed by atoms with Crippen LogP contribution in [0.2, 0.25) is 0 Å². The maximum Gasteiger partial charge on any atom is 0.194 e. The molecule has 9 heteroatoms. The number of rotatable bonds is 7. The summed E-state index contributed by atoms with van der Waals surface area (Å²) in [7, 11) is 0. The molecule has 1 N–H and O–H groups in total. The second-order valence-corrected chi connectivity index (χ2v) is 7.32. The normalized spacial score (nSPS) is 28.1. The lowest BCUT2D eigenvalue weighted by atomic mass is 10.2. The van der Waals surface area contributed by atoms with E-state index >= 15 is 0 Å². The van der Waals surface area contributed by atoms with Crippen LogP contribution in [0.1, 0.15) is 18.9 Å². The zero-order valence-electron chi connectivity index (χ0n) is 14.9. The van der Waals surface area contributed by atoms with Crippen LogP contribution in [0.25, 0.3) is 0 Å². The van der Waals surface area contributed by atoms with Crippen LogP contribution in [0.4, 0.5) is 4.39 Å². The molecular formula is C18H22ClFO6S. The molecule has 3 unspecified atom stereocenters. The van der Waals surface area contributed by atoms with Gasteiger partial charge in [-0.1, -0.05) is 6.07 Å². The van der Waals surface area contributed by atoms with E-state index in [9.17, 15) is 9.50 Å². The van der Waals surface area contributed by atoms with Crippen molar-refractivity contribution >= 4 is 23.6 Å². The first-order valence-electron chi connectivity index (χ1n) is 8.67. The van der Waals surface area contributed by atoms with Crippen LogP contribution in [0.5, 0.6) is 5.75 Å². The molecule has 1 aromatic rings. The molecule has 2 aliphatic heterocycles. The van der Waals surface area contributed by atoms with Gasteiger partial charge >= 0.3 is 0 Å². The Labute approximate surface area is 166 Å². The molecule has 3 atom stereocenters. The predicted molar refractivity (Wildman–Crippen MR) is 98.9 cm³/mol. The molecule has 0 saturated carbocycles. The number of aliphatic hydroxyl groups is 1. The van der Waals surface area contributed by atoms with Crippen LogP contribution >= 0.6 is 23.6 Å². The lowest BCUT2D eigenvalue weighted by Crippen LogP contribution is -2.30. The largest absolute Gasteiger partial charge is 0.495 e. The van der Waals surface area contributed by atoms with Crippen molar-refractivity contribution in [2.45, 2.75) is 36.4 Å². The van der Waals surface area contributed by atoms with Crippen LogP contribution in [-0.2, 0) is 24.7 Å². The van der Waals surface area contributed by atoms with E-state index in [2.05, 4.69) is 0 Å². The molecule has 2 heterocycles. The van der Waals surface area contributed by atoms with Crippen molar-refractivity contribution in [2.24, 2.45) is 0 Å². The summed E-state index contributed by atoms with van der Waals surface area (Å²) in [4.78, 5) is 0. The monoisotopic (exact) mass is 420 g/mol. The van der Waals surface area contributed by atoms with Gasteiger partial charge in [-0.3, -0.25) is 0 Å². The number of hydrogen-bond acceptors (Lipinski definition) is 7. The van der Waals surface area contributed by atoms with Crippen molar-refractivity contribution in [3.05, 3.63) is 41.4 Å². The minimum atomic E-state index is -0.951. The second kappa shape index (κ2) is 9.45. The van der Waals surface area contributed by atoms with Gasteiger partial charge in [-0.25, -0.2) is 4.39 Å². The third-order valence-electron chi connectivity index (χ3n) is 4.21. The Morgan fingerprint density at radius 3 is 3.00 bits per heavy atom. The smallest absolute Gasteiger partial charge is 0.194 e. The van der Waals surface area contributed by atoms with Crippen molar-refractivity contribution in [3.8, 4) is 5.75 Å². The fourth-order valence-electron chi connectivity index (χ4n) is 2.92. The standard InChI is InChI=1S/C18H22ClFO6S/c1-2-22-16-8-18(24-10-14(9-21)25-18)5-6-23-17(16)27-11-12-3-4-13(20)7-15(12)26-19/h3-4,7-8,14,17,21H,2,5-6,9-11H2,1H3. The van der Waals surface area contributed by atoms with E-state index in [1.807, 2.05) is 6.92 Å². The Kier molecular flexibility index (Phi) is 7.24. The predicted octanol–water partition coefficient (Wildman–Crippen LogP) is 3.36. The molecule has 6 nitrogen and oxygen atoms in total. The summed E-state index contributed by atoms with van der Waals surface area (Å²) in [6, 6.07) is 4.21. The average Bonchev–Trinajstić information content (AvgIpc) is 2.99. The van der Waals surface area contributed by atoms with Gasteiger partial charge in [0.05, 0.1) is 26.4 Å². The van der Waals surface area contributed by atoms with E-state index in [1.54, 1.807) is 12.1 Å². The molecule has 0 radical (unpaired) electrons. The molecule has 0 bridgehead atoms. The molecule has 2 aliphatic rings. The molecule has 1 spiro atoms. The maximum absolute atomic E-state index is 13.3. The third kappa shape index (κ3) is 5.07. The Balaban J connectivity index is 1.74. The van der Waals surface area contributed by atoms with Crippen LogP contribution in [0.3, 0.4) is 0 Å². The summed E-state index contributed by atoms with van der Waals surface area (Å²) < 4.78 is 41.4. The molecule has 1 saturated heterocycles. The average molecular weight is 421 g/mol. The summed E-state index contributed by atoms with van der Waals surface area (Å²) in [5, 5.41) is 9.31. The number of benzene rings is 1. The van der Waals surface area contributed by atoms with Gasteiger partial charge < -0.3 is 28.3 Å². The van der Waals surface area contributed by atoms with Gasteiger partial charge in [0.15, 0.2) is 17.0 Å². The summed E-state index contributed by atoms with van der Waals surface area (Å²) in [5.41, 5.74) is 0.349. The van der Waals surface area contributed by atoms with Crippen molar-refractivity contribution in [1.82, 2.24) is 0 Å². The van der Waals surface area contributed by atoms with E-state index in [-0.39, 0.29) is 18.5 Å². The van der Waals surface area contributed by atoms with Crippen LogP contribution in [0.15, 0.2) is 30.0 Å². The first-order chi connectivity index (χ1) is 13.1. The van der Waals surface area contributed by atoms with Crippen LogP contribution < -0.4 is 4.29 Å². The van der Waals surface area contributed by atoms with E-state index in [1.165, 1.54) is 23.9 Å². The Hall–Kier alpha value is -1.03. The minimum Gasteiger partial charge on any atom is -0.495 e. The summed E-state index contributed by atoms with van der Waals surface area (Å²) >= 11 is 6.90. The van der Waals surface area contributed by atoms with Gasteiger partial charge in [0.25, 0.3) is 0 Å². The molecule has 27 heavy (non-hydrogen) atoms. The minimum absolute atomic E-state index is 0.107. The Morgan fingerprint density at radius 1 is 1.44 bits per heavy atom. The zero-order chi connectivity index (χ0) is 19.3. The molecular weight excluding hydrogens is 399 g/mol. The number of thioether (sulfide) groups is 1. The van der Waals surface area contributed by atoms with Crippen molar-refractivity contribution in [3.63, 3.8) is 0 Å².